The summed E-state index contributed by atoms with van der Waals surface area (Å²) in [6.07, 6.45) is -3.60. The molecule has 0 heterocycles. The summed E-state index contributed by atoms with van der Waals surface area (Å²) in [4.78, 5) is 0. The van der Waals surface area contributed by atoms with E-state index in [1.807, 2.05) is 0 Å². The van der Waals surface area contributed by atoms with E-state index in [1.165, 1.54) is 0 Å². The van der Waals surface area contributed by atoms with Gasteiger partial charge in [0.2, 0.25) is 0 Å². The second-order valence-corrected chi connectivity index (χ2v) is 4.19. The summed E-state index contributed by atoms with van der Waals surface area (Å²) < 4.78 is 38.0. The van der Waals surface area contributed by atoms with Gasteiger partial charge in [0.25, 0.3) is 0 Å². The highest BCUT2D eigenvalue weighted by molar-refractivity contribution is 6.30. The summed E-state index contributed by atoms with van der Waals surface area (Å²) in [6, 6.07) is 2.32. The Morgan fingerprint density at radius 1 is 1.25 bits per heavy atom. The Balaban J connectivity index is 0.00000128. The number of rotatable bonds is 0. The van der Waals surface area contributed by atoms with Crippen LogP contribution in [0.1, 0.15) is 16.7 Å². The zero-order chi connectivity index (χ0) is 11.2. The average Bonchev–Trinajstić information content (AvgIpc) is 2.41. The van der Waals surface area contributed by atoms with Crippen LogP contribution in [0.15, 0.2) is 12.1 Å². The van der Waals surface area contributed by atoms with Gasteiger partial charge in [-0.1, -0.05) is 11.6 Å². The van der Waals surface area contributed by atoms with Gasteiger partial charge in [0.15, 0.2) is 0 Å². The van der Waals surface area contributed by atoms with E-state index >= 15 is 0 Å². The fraction of sp³-hybridized carbons (Fsp3) is 0.400. The molecule has 1 aromatic carbocycles. The molecule has 1 aliphatic rings. The molecule has 1 aliphatic carbocycles. The first-order chi connectivity index (χ1) is 6.88. The van der Waals surface area contributed by atoms with Gasteiger partial charge < -0.3 is 5.73 Å². The Kier molecular flexibility index (Phi) is 3.77. The van der Waals surface area contributed by atoms with Gasteiger partial charge in [0, 0.05) is 11.1 Å². The molecule has 0 aliphatic heterocycles. The lowest BCUT2D eigenvalue weighted by atomic mass is 10.0. The van der Waals surface area contributed by atoms with Crippen LogP contribution in [0, 0.1) is 0 Å². The van der Waals surface area contributed by atoms with E-state index in [0.717, 1.165) is 6.07 Å². The Morgan fingerprint density at radius 2 is 1.88 bits per heavy atom. The van der Waals surface area contributed by atoms with Gasteiger partial charge in [-0.05, 0) is 36.1 Å². The highest BCUT2D eigenvalue weighted by Gasteiger charge is 2.36. The van der Waals surface area contributed by atoms with Crippen molar-refractivity contribution >= 4 is 24.0 Å². The molecular formula is C10H10Cl2F3N. The lowest BCUT2D eigenvalue weighted by Gasteiger charge is -2.12. The van der Waals surface area contributed by atoms with E-state index in [4.69, 9.17) is 17.3 Å². The van der Waals surface area contributed by atoms with Crippen LogP contribution < -0.4 is 5.73 Å². The number of fused-ring (bicyclic) bond motifs is 1. The highest BCUT2D eigenvalue weighted by atomic mass is 35.5. The Morgan fingerprint density at radius 3 is 2.44 bits per heavy atom. The van der Waals surface area contributed by atoms with Gasteiger partial charge in [-0.25, -0.2) is 0 Å². The second-order valence-electron chi connectivity index (χ2n) is 3.76. The molecule has 0 saturated carbocycles. The summed E-state index contributed by atoms with van der Waals surface area (Å²) >= 11 is 5.64. The Hall–Kier alpha value is -0.450. The SMILES string of the molecule is Cl.NC1Cc2cc(Cl)cc(C(F)(F)F)c2C1. The molecule has 0 saturated heterocycles. The zero-order valence-electron chi connectivity index (χ0n) is 8.14. The van der Waals surface area contributed by atoms with E-state index in [1.54, 1.807) is 6.07 Å². The van der Waals surface area contributed by atoms with Crippen molar-refractivity contribution in [2.75, 3.05) is 0 Å². The van der Waals surface area contributed by atoms with Crippen LogP contribution in [0.5, 0.6) is 0 Å². The Bertz CT molecular complexity index is 404. The molecule has 6 heteroatoms. The molecule has 0 bridgehead atoms. The van der Waals surface area contributed by atoms with Crippen molar-refractivity contribution in [1.82, 2.24) is 0 Å². The third-order valence-electron chi connectivity index (χ3n) is 2.56. The fourth-order valence-electron chi connectivity index (χ4n) is 1.99. The van der Waals surface area contributed by atoms with Gasteiger partial charge in [0.1, 0.15) is 0 Å². The molecule has 1 nitrogen and oxygen atoms in total. The predicted octanol–water partition coefficient (Wildman–Crippen LogP) is 3.21. The quantitative estimate of drug-likeness (QED) is 0.771. The fourth-order valence-corrected chi connectivity index (χ4v) is 2.23. The molecule has 2 rings (SSSR count). The van der Waals surface area contributed by atoms with Crippen molar-refractivity contribution < 1.29 is 13.2 Å². The maximum absolute atomic E-state index is 12.7. The number of hydrogen-bond donors (Lipinski definition) is 1. The van der Waals surface area contributed by atoms with Crippen molar-refractivity contribution in [1.29, 1.82) is 0 Å². The standard InChI is InChI=1S/C10H9ClF3N.ClH/c11-6-1-5-2-7(15)4-8(5)9(3-6)10(12,13)14;/h1,3,7H,2,4,15H2;1H. The third-order valence-corrected chi connectivity index (χ3v) is 2.78. The smallest absolute Gasteiger partial charge is 0.327 e. The van der Waals surface area contributed by atoms with Crippen molar-refractivity contribution in [3.8, 4) is 0 Å². The van der Waals surface area contributed by atoms with Gasteiger partial charge >= 0.3 is 6.18 Å². The minimum absolute atomic E-state index is 0. The first-order valence-corrected chi connectivity index (χ1v) is 4.90. The first kappa shape index (κ1) is 13.6. The van der Waals surface area contributed by atoms with E-state index in [9.17, 15) is 13.2 Å². The van der Waals surface area contributed by atoms with E-state index in [0.29, 0.717) is 17.5 Å². The molecule has 0 radical (unpaired) electrons. The van der Waals surface area contributed by atoms with Crippen LogP contribution in [0.4, 0.5) is 13.2 Å². The summed E-state index contributed by atoms with van der Waals surface area (Å²) in [5.41, 5.74) is 5.93. The first-order valence-electron chi connectivity index (χ1n) is 4.52. The van der Waals surface area contributed by atoms with Gasteiger partial charge in [-0.2, -0.15) is 13.2 Å². The second kappa shape index (κ2) is 4.43. The summed E-state index contributed by atoms with van der Waals surface area (Å²) in [6.45, 7) is 0. The molecule has 1 unspecified atom stereocenters. The largest absolute Gasteiger partial charge is 0.416 e. The van der Waals surface area contributed by atoms with Gasteiger partial charge in [-0.3, -0.25) is 0 Å². The van der Waals surface area contributed by atoms with Gasteiger partial charge in [0.05, 0.1) is 5.56 Å². The zero-order valence-corrected chi connectivity index (χ0v) is 9.72. The minimum Gasteiger partial charge on any atom is -0.327 e. The maximum atomic E-state index is 12.7. The monoisotopic (exact) mass is 271 g/mol. The third kappa shape index (κ3) is 2.44. The van der Waals surface area contributed by atoms with E-state index < -0.39 is 11.7 Å². The summed E-state index contributed by atoms with van der Waals surface area (Å²) in [5.74, 6) is 0. The molecule has 16 heavy (non-hydrogen) atoms. The minimum atomic E-state index is -4.35. The van der Waals surface area contributed by atoms with Crippen LogP contribution >= 0.6 is 24.0 Å². The van der Waals surface area contributed by atoms with Crippen molar-refractivity contribution in [3.63, 3.8) is 0 Å². The van der Waals surface area contributed by atoms with Crippen LogP contribution in [-0.2, 0) is 19.0 Å². The molecule has 0 amide bonds. The molecule has 0 aromatic heterocycles. The number of halogens is 5. The van der Waals surface area contributed by atoms with Crippen LogP contribution in [0.2, 0.25) is 5.02 Å². The lowest BCUT2D eigenvalue weighted by Crippen LogP contribution is -2.19. The number of benzene rings is 1. The number of hydrogen-bond acceptors (Lipinski definition) is 1. The van der Waals surface area contributed by atoms with Crippen molar-refractivity contribution in [2.45, 2.75) is 25.1 Å². The van der Waals surface area contributed by atoms with Gasteiger partial charge in [-0.15, -0.1) is 12.4 Å². The Labute approximate surface area is 102 Å². The van der Waals surface area contributed by atoms with E-state index in [2.05, 4.69) is 0 Å². The molecule has 1 atom stereocenters. The number of alkyl halides is 3. The van der Waals surface area contributed by atoms with Crippen molar-refractivity contribution in [2.24, 2.45) is 5.73 Å². The summed E-state index contributed by atoms with van der Waals surface area (Å²) in [7, 11) is 0. The van der Waals surface area contributed by atoms with E-state index in [-0.39, 0.29) is 29.9 Å². The molecule has 0 spiro atoms. The molecule has 90 valence electrons. The molecule has 2 N–H and O–H groups in total. The van der Waals surface area contributed by atoms with Crippen LogP contribution in [0.25, 0.3) is 0 Å². The van der Waals surface area contributed by atoms with Crippen molar-refractivity contribution in [3.05, 3.63) is 33.8 Å². The number of nitrogens with two attached hydrogens (primary N) is 1. The average molecular weight is 272 g/mol. The predicted molar refractivity (Wildman–Crippen MR) is 59.1 cm³/mol. The highest BCUT2D eigenvalue weighted by Crippen LogP contribution is 2.38. The molecule has 0 fully saturated rings. The normalized spacial score (nSPS) is 19.2. The maximum Gasteiger partial charge on any atom is 0.416 e. The molecule has 1 aromatic rings. The lowest BCUT2D eigenvalue weighted by molar-refractivity contribution is -0.138. The topological polar surface area (TPSA) is 26.0 Å². The van der Waals surface area contributed by atoms with Crippen LogP contribution in [0.3, 0.4) is 0 Å². The van der Waals surface area contributed by atoms with Crippen LogP contribution in [-0.4, -0.2) is 6.04 Å². The molecular weight excluding hydrogens is 262 g/mol. The summed E-state index contributed by atoms with van der Waals surface area (Å²) in [5, 5.41) is 0.121.